The molecule has 2 aromatic carbocycles. The Labute approximate surface area is 231 Å². The summed E-state index contributed by atoms with van der Waals surface area (Å²) in [4.78, 5) is 40.9. The Morgan fingerprint density at radius 1 is 1.03 bits per heavy atom. The van der Waals surface area contributed by atoms with Crippen LogP contribution in [0.3, 0.4) is 0 Å². The van der Waals surface area contributed by atoms with Crippen molar-refractivity contribution in [1.29, 1.82) is 0 Å². The third kappa shape index (κ3) is 8.22. The number of unbranched alkanes of at least 4 members (excludes halogenated alkanes) is 1. The van der Waals surface area contributed by atoms with Crippen molar-refractivity contribution < 1.29 is 23.9 Å². The standard InChI is InChI=1S/C29H32N4O5S/c1-2-26(34)37-18-8-7-17-30-27(35)20-13-15-21(16-14-20)28(36)38-24-11-5-3-9-22(24)19-31-33-29-32-23-10-4-6-12-25(23)39-29/h2-6,9-12,19-21H,1,7-8,13-18H2,(H,30,35)(H,32,33)/b31-19+. The number of carbonyl (C=O) groups is 3. The zero-order chi connectivity index (χ0) is 27.5. The number of thiazole rings is 1. The van der Waals surface area contributed by atoms with Crippen LogP contribution in [0.15, 0.2) is 66.3 Å². The first kappa shape index (κ1) is 28.0. The highest BCUT2D eigenvalue weighted by molar-refractivity contribution is 7.22. The minimum Gasteiger partial charge on any atom is -0.463 e. The molecule has 0 unspecified atom stereocenters. The molecule has 1 aliphatic rings. The second-order valence-corrected chi connectivity index (χ2v) is 10.3. The van der Waals surface area contributed by atoms with Gasteiger partial charge in [0.25, 0.3) is 0 Å². The number of aromatic nitrogens is 1. The van der Waals surface area contributed by atoms with Gasteiger partial charge in [-0.3, -0.25) is 15.0 Å². The molecule has 4 rings (SSSR count). The van der Waals surface area contributed by atoms with E-state index in [1.54, 1.807) is 12.3 Å². The number of hydrazone groups is 1. The fourth-order valence-corrected chi connectivity index (χ4v) is 5.17. The maximum absolute atomic E-state index is 12.9. The number of anilines is 1. The Bertz CT molecular complexity index is 1300. The van der Waals surface area contributed by atoms with Gasteiger partial charge in [-0.25, -0.2) is 9.78 Å². The van der Waals surface area contributed by atoms with Crippen molar-refractivity contribution in [2.75, 3.05) is 18.6 Å². The molecule has 0 bridgehead atoms. The van der Waals surface area contributed by atoms with Crippen molar-refractivity contribution >= 4 is 50.7 Å². The van der Waals surface area contributed by atoms with Gasteiger partial charge in [-0.05, 0) is 62.8 Å². The quantitative estimate of drug-likeness (QED) is 0.0809. The molecule has 0 atom stereocenters. The van der Waals surface area contributed by atoms with Gasteiger partial charge in [-0.1, -0.05) is 42.2 Å². The number of hydrogen-bond donors (Lipinski definition) is 2. The molecule has 10 heteroatoms. The van der Waals surface area contributed by atoms with Crippen molar-refractivity contribution in [3.8, 4) is 5.75 Å². The lowest BCUT2D eigenvalue weighted by molar-refractivity contribution is -0.141. The van der Waals surface area contributed by atoms with Crippen LogP contribution in [0.5, 0.6) is 5.75 Å². The van der Waals surface area contributed by atoms with Gasteiger partial charge >= 0.3 is 11.9 Å². The monoisotopic (exact) mass is 548 g/mol. The van der Waals surface area contributed by atoms with Crippen LogP contribution in [0.25, 0.3) is 10.2 Å². The number of rotatable bonds is 12. The minimum atomic E-state index is -0.441. The van der Waals surface area contributed by atoms with E-state index >= 15 is 0 Å². The van der Waals surface area contributed by atoms with Crippen LogP contribution in [0, 0.1) is 11.8 Å². The third-order valence-corrected chi connectivity index (χ3v) is 7.44. The Morgan fingerprint density at radius 2 is 1.77 bits per heavy atom. The predicted octanol–water partition coefficient (Wildman–Crippen LogP) is 5.08. The smallest absolute Gasteiger partial charge is 0.330 e. The molecule has 9 nitrogen and oxygen atoms in total. The fraction of sp³-hybridized carbons (Fsp3) is 0.345. The molecule has 0 aliphatic heterocycles. The average molecular weight is 549 g/mol. The van der Waals surface area contributed by atoms with E-state index in [-0.39, 0.29) is 23.7 Å². The van der Waals surface area contributed by atoms with E-state index in [9.17, 15) is 14.4 Å². The number of nitrogens with one attached hydrogen (secondary N) is 2. The second-order valence-electron chi connectivity index (χ2n) is 9.23. The highest BCUT2D eigenvalue weighted by Crippen LogP contribution is 2.31. The highest BCUT2D eigenvalue weighted by atomic mass is 32.1. The topological polar surface area (TPSA) is 119 Å². The number of esters is 2. The number of nitrogens with zero attached hydrogens (tertiary/aromatic N) is 2. The summed E-state index contributed by atoms with van der Waals surface area (Å²) in [6, 6.07) is 15.1. The van der Waals surface area contributed by atoms with E-state index in [2.05, 4.69) is 27.4 Å². The van der Waals surface area contributed by atoms with Crippen molar-refractivity contribution in [1.82, 2.24) is 10.3 Å². The lowest BCUT2D eigenvalue weighted by Gasteiger charge is -2.26. The molecule has 1 amide bonds. The number of para-hydroxylation sites is 2. The molecule has 39 heavy (non-hydrogen) atoms. The molecule has 0 saturated heterocycles. The van der Waals surface area contributed by atoms with Gasteiger partial charge in [-0.2, -0.15) is 5.10 Å². The first-order chi connectivity index (χ1) is 19.0. The molecule has 204 valence electrons. The van der Waals surface area contributed by atoms with E-state index in [4.69, 9.17) is 9.47 Å². The van der Waals surface area contributed by atoms with E-state index < -0.39 is 5.97 Å². The lowest BCUT2D eigenvalue weighted by Crippen LogP contribution is -2.35. The molecule has 0 spiro atoms. The molecular formula is C29H32N4O5S. The van der Waals surface area contributed by atoms with Crippen molar-refractivity contribution in [3.05, 3.63) is 66.7 Å². The first-order valence-corrected chi connectivity index (χ1v) is 13.9. The maximum Gasteiger partial charge on any atom is 0.330 e. The Hall–Kier alpha value is -4.05. The molecule has 3 aromatic rings. The lowest BCUT2D eigenvalue weighted by atomic mass is 9.81. The second kappa shape index (κ2) is 14.2. The van der Waals surface area contributed by atoms with Crippen LogP contribution in [-0.4, -0.2) is 42.2 Å². The normalized spacial score (nSPS) is 17.0. The van der Waals surface area contributed by atoms with Crippen molar-refractivity contribution in [2.24, 2.45) is 16.9 Å². The summed E-state index contributed by atoms with van der Waals surface area (Å²) in [6.45, 7) is 4.18. The van der Waals surface area contributed by atoms with E-state index in [1.165, 1.54) is 11.3 Å². The van der Waals surface area contributed by atoms with Gasteiger partial charge in [-0.15, -0.1) is 0 Å². The van der Waals surface area contributed by atoms with Gasteiger partial charge in [0.2, 0.25) is 11.0 Å². The van der Waals surface area contributed by atoms with Crippen molar-refractivity contribution in [3.63, 3.8) is 0 Å². The number of benzene rings is 2. The molecule has 1 aromatic heterocycles. The summed E-state index contributed by atoms with van der Waals surface area (Å²) in [6.07, 6.45) is 6.60. The van der Waals surface area contributed by atoms with Crippen LogP contribution in [0.2, 0.25) is 0 Å². The van der Waals surface area contributed by atoms with E-state index in [1.807, 2.05) is 42.5 Å². The van der Waals surface area contributed by atoms with Gasteiger partial charge < -0.3 is 14.8 Å². The third-order valence-electron chi connectivity index (χ3n) is 6.50. The Kier molecular flexibility index (Phi) is 10.2. The Balaban J connectivity index is 1.20. The number of carbonyl (C=O) groups excluding carboxylic acids is 3. The van der Waals surface area contributed by atoms with Crippen LogP contribution in [0.4, 0.5) is 5.13 Å². The zero-order valence-corrected chi connectivity index (χ0v) is 22.5. The van der Waals surface area contributed by atoms with Gasteiger partial charge in [0.15, 0.2) is 0 Å². The summed E-state index contributed by atoms with van der Waals surface area (Å²) >= 11 is 1.51. The van der Waals surface area contributed by atoms with Crippen LogP contribution >= 0.6 is 11.3 Å². The summed E-state index contributed by atoms with van der Waals surface area (Å²) in [5.41, 5.74) is 4.53. The van der Waals surface area contributed by atoms with E-state index in [0.717, 1.165) is 22.7 Å². The molecular weight excluding hydrogens is 516 g/mol. The van der Waals surface area contributed by atoms with Gasteiger partial charge in [0.1, 0.15) is 5.75 Å². The minimum absolute atomic E-state index is 0.00656. The molecule has 2 N–H and O–H groups in total. The van der Waals surface area contributed by atoms with Gasteiger partial charge in [0.05, 0.1) is 29.0 Å². The number of hydrogen-bond acceptors (Lipinski definition) is 9. The van der Waals surface area contributed by atoms with E-state index in [0.29, 0.717) is 61.7 Å². The number of ether oxygens (including phenoxy) is 2. The molecule has 1 aliphatic carbocycles. The zero-order valence-electron chi connectivity index (χ0n) is 21.6. The summed E-state index contributed by atoms with van der Waals surface area (Å²) < 4.78 is 11.7. The Morgan fingerprint density at radius 3 is 2.56 bits per heavy atom. The summed E-state index contributed by atoms with van der Waals surface area (Å²) in [5.74, 6) is -0.644. The van der Waals surface area contributed by atoms with Crippen LogP contribution in [0.1, 0.15) is 44.1 Å². The number of amides is 1. The molecule has 1 heterocycles. The molecule has 1 fully saturated rings. The van der Waals surface area contributed by atoms with Crippen LogP contribution in [-0.2, 0) is 19.1 Å². The first-order valence-electron chi connectivity index (χ1n) is 13.1. The number of fused-ring (bicyclic) bond motifs is 1. The van der Waals surface area contributed by atoms with Gasteiger partial charge in [0, 0.05) is 24.1 Å². The largest absolute Gasteiger partial charge is 0.463 e. The SMILES string of the molecule is C=CC(=O)OCCCCNC(=O)C1CCC(C(=O)Oc2ccccc2/C=N/Nc2nc3ccccc3s2)CC1. The maximum atomic E-state index is 12.9. The highest BCUT2D eigenvalue weighted by Gasteiger charge is 2.31. The van der Waals surface area contributed by atoms with Crippen LogP contribution < -0.4 is 15.5 Å². The van der Waals surface area contributed by atoms with Crippen molar-refractivity contribution in [2.45, 2.75) is 38.5 Å². The molecule has 0 radical (unpaired) electrons. The fourth-order valence-electron chi connectivity index (χ4n) is 4.35. The summed E-state index contributed by atoms with van der Waals surface area (Å²) in [7, 11) is 0. The average Bonchev–Trinajstić information content (AvgIpc) is 3.38. The predicted molar refractivity (Wildman–Crippen MR) is 152 cm³/mol. The summed E-state index contributed by atoms with van der Waals surface area (Å²) in [5, 5.41) is 7.90. The molecule has 1 saturated carbocycles.